The van der Waals surface area contributed by atoms with Crippen LogP contribution < -0.4 is 0 Å². The summed E-state index contributed by atoms with van der Waals surface area (Å²) in [5.74, 6) is 0. The monoisotopic (exact) mass is 320 g/mol. The fraction of sp³-hybridized carbons (Fsp3) is 1.00. The van der Waals surface area contributed by atoms with Gasteiger partial charge in [-0.05, 0) is 38.5 Å². The smallest absolute Gasteiger partial charge is 0.0874 e. The van der Waals surface area contributed by atoms with Crippen LogP contribution in [-0.4, -0.2) is 47.8 Å². The molecule has 0 amide bonds. The van der Waals surface area contributed by atoms with Gasteiger partial charge in [-0.3, -0.25) is 0 Å². The molecule has 0 aromatic heterocycles. The molecule has 0 unspecified atom stereocenters. The van der Waals surface area contributed by atoms with E-state index in [9.17, 15) is 10.2 Å². The van der Waals surface area contributed by atoms with Gasteiger partial charge in [-0.15, -0.1) is 0 Å². The van der Waals surface area contributed by atoms with E-state index in [2.05, 4.69) is 13.8 Å². The normalized spacial score (nSPS) is 12.0. The first-order chi connectivity index (χ1) is 10.4. The van der Waals surface area contributed by atoms with E-state index in [1.54, 1.807) is 0 Å². The molecule has 0 bridgehead atoms. The van der Waals surface area contributed by atoms with Gasteiger partial charge in [0.1, 0.15) is 0 Å². The zero-order chi connectivity index (χ0) is 17.5. The summed E-state index contributed by atoms with van der Waals surface area (Å²) in [5, 5.41) is 19.5. The van der Waals surface area contributed by atoms with E-state index in [-0.39, 0.29) is 0 Å². The van der Waals surface area contributed by atoms with Crippen LogP contribution in [0.1, 0.15) is 80.1 Å². The minimum absolute atomic E-state index is 0.480. The SMILES string of the molecule is CCCOCC(O)(CC)CC.CCCOCC(O)(CC)CC. The van der Waals surface area contributed by atoms with Crippen molar-refractivity contribution < 1.29 is 19.7 Å². The van der Waals surface area contributed by atoms with Crippen molar-refractivity contribution in [2.45, 2.75) is 91.3 Å². The highest BCUT2D eigenvalue weighted by Crippen LogP contribution is 2.15. The van der Waals surface area contributed by atoms with E-state index < -0.39 is 11.2 Å². The fourth-order valence-electron chi connectivity index (χ4n) is 1.72. The zero-order valence-corrected chi connectivity index (χ0v) is 15.8. The van der Waals surface area contributed by atoms with Crippen molar-refractivity contribution in [1.82, 2.24) is 0 Å². The Morgan fingerprint density at radius 2 is 0.864 bits per heavy atom. The molecule has 4 heteroatoms. The molecule has 136 valence electrons. The van der Waals surface area contributed by atoms with Gasteiger partial charge in [0, 0.05) is 13.2 Å². The van der Waals surface area contributed by atoms with Gasteiger partial charge in [0.15, 0.2) is 0 Å². The Morgan fingerprint density at radius 3 is 1.05 bits per heavy atom. The summed E-state index contributed by atoms with van der Waals surface area (Å²) < 4.78 is 10.6. The Morgan fingerprint density at radius 1 is 0.591 bits per heavy atom. The second kappa shape index (κ2) is 14.4. The van der Waals surface area contributed by atoms with Crippen LogP contribution in [0, 0.1) is 0 Å². The maximum absolute atomic E-state index is 9.73. The van der Waals surface area contributed by atoms with Gasteiger partial charge in [0.25, 0.3) is 0 Å². The fourth-order valence-corrected chi connectivity index (χ4v) is 1.72. The first-order valence-electron chi connectivity index (χ1n) is 8.97. The third-order valence-electron chi connectivity index (χ3n) is 4.07. The summed E-state index contributed by atoms with van der Waals surface area (Å²) in [6.45, 7) is 14.5. The van der Waals surface area contributed by atoms with Crippen LogP contribution in [-0.2, 0) is 9.47 Å². The van der Waals surface area contributed by atoms with Gasteiger partial charge < -0.3 is 19.7 Å². The lowest BCUT2D eigenvalue weighted by Crippen LogP contribution is -2.32. The van der Waals surface area contributed by atoms with Crippen molar-refractivity contribution in [1.29, 1.82) is 0 Å². The molecule has 2 N–H and O–H groups in total. The van der Waals surface area contributed by atoms with Crippen LogP contribution in [0.15, 0.2) is 0 Å². The number of ether oxygens (including phenoxy) is 2. The Kier molecular flexibility index (Phi) is 15.8. The molecule has 0 spiro atoms. The average Bonchev–Trinajstić information content (AvgIpc) is 2.55. The van der Waals surface area contributed by atoms with Crippen molar-refractivity contribution in [2.75, 3.05) is 26.4 Å². The molecule has 0 saturated heterocycles. The highest BCUT2D eigenvalue weighted by atomic mass is 16.5. The number of hydrogen-bond donors (Lipinski definition) is 2. The Bertz CT molecular complexity index is 199. The Hall–Kier alpha value is -0.160. The molecule has 0 aromatic carbocycles. The predicted molar refractivity (Wildman–Crippen MR) is 93.3 cm³/mol. The largest absolute Gasteiger partial charge is 0.388 e. The molecule has 0 aliphatic heterocycles. The summed E-state index contributed by atoms with van der Waals surface area (Å²) in [4.78, 5) is 0. The van der Waals surface area contributed by atoms with E-state index in [1.165, 1.54) is 0 Å². The van der Waals surface area contributed by atoms with Crippen LogP contribution in [0.25, 0.3) is 0 Å². The van der Waals surface area contributed by atoms with E-state index >= 15 is 0 Å². The summed E-state index contributed by atoms with van der Waals surface area (Å²) >= 11 is 0. The third kappa shape index (κ3) is 12.4. The molecule has 0 radical (unpaired) electrons. The summed E-state index contributed by atoms with van der Waals surface area (Å²) in [6.07, 6.45) is 5.12. The molecule has 0 aliphatic carbocycles. The van der Waals surface area contributed by atoms with Crippen molar-refractivity contribution in [2.24, 2.45) is 0 Å². The lowest BCUT2D eigenvalue weighted by atomic mass is 9.99. The van der Waals surface area contributed by atoms with Crippen molar-refractivity contribution in [3.05, 3.63) is 0 Å². The maximum atomic E-state index is 9.73. The van der Waals surface area contributed by atoms with Crippen LogP contribution in [0.5, 0.6) is 0 Å². The van der Waals surface area contributed by atoms with E-state index in [4.69, 9.17) is 9.47 Å². The molecule has 0 fully saturated rings. The molecule has 4 nitrogen and oxygen atoms in total. The lowest BCUT2D eigenvalue weighted by Gasteiger charge is -2.24. The van der Waals surface area contributed by atoms with Crippen LogP contribution in [0.2, 0.25) is 0 Å². The second-order valence-corrected chi connectivity index (χ2v) is 5.97. The van der Waals surface area contributed by atoms with Gasteiger partial charge >= 0.3 is 0 Å². The molecular weight excluding hydrogens is 280 g/mol. The lowest BCUT2D eigenvalue weighted by molar-refractivity contribution is -0.0510. The van der Waals surface area contributed by atoms with Crippen LogP contribution in [0.3, 0.4) is 0 Å². The molecule has 22 heavy (non-hydrogen) atoms. The highest BCUT2D eigenvalue weighted by Gasteiger charge is 2.22. The zero-order valence-electron chi connectivity index (χ0n) is 15.8. The Balaban J connectivity index is 0. The van der Waals surface area contributed by atoms with Crippen molar-refractivity contribution >= 4 is 0 Å². The summed E-state index contributed by atoms with van der Waals surface area (Å²) in [5.41, 5.74) is -1.18. The molecule has 0 aromatic rings. The van der Waals surface area contributed by atoms with E-state index in [0.29, 0.717) is 13.2 Å². The van der Waals surface area contributed by atoms with Crippen LogP contribution in [0.4, 0.5) is 0 Å². The molecule has 0 rings (SSSR count). The molecule has 0 aliphatic rings. The van der Waals surface area contributed by atoms with Crippen molar-refractivity contribution in [3.63, 3.8) is 0 Å². The summed E-state index contributed by atoms with van der Waals surface area (Å²) in [7, 11) is 0. The molecule has 0 heterocycles. The minimum Gasteiger partial charge on any atom is -0.388 e. The van der Waals surface area contributed by atoms with Gasteiger partial charge in [0.05, 0.1) is 24.4 Å². The van der Waals surface area contributed by atoms with Gasteiger partial charge in [0.2, 0.25) is 0 Å². The molecule has 0 saturated carbocycles. The number of aliphatic hydroxyl groups is 2. The average molecular weight is 321 g/mol. The quantitative estimate of drug-likeness (QED) is 0.535. The number of hydrogen-bond acceptors (Lipinski definition) is 4. The van der Waals surface area contributed by atoms with Gasteiger partial charge in [-0.25, -0.2) is 0 Å². The first-order valence-corrected chi connectivity index (χ1v) is 8.97. The standard InChI is InChI=1S/2C9H20O2/c2*1-4-7-11-8-9(10,5-2)6-3/h2*10H,4-8H2,1-3H3. The third-order valence-corrected chi connectivity index (χ3v) is 4.07. The first kappa shape index (κ1) is 24.1. The van der Waals surface area contributed by atoms with E-state index in [0.717, 1.165) is 51.7 Å². The molecular formula is C18H40O4. The molecule has 0 atom stereocenters. The van der Waals surface area contributed by atoms with E-state index in [1.807, 2.05) is 27.7 Å². The van der Waals surface area contributed by atoms with Gasteiger partial charge in [-0.1, -0.05) is 41.5 Å². The van der Waals surface area contributed by atoms with Crippen molar-refractivity contribution in [3.8, 4) is 0 Å². The topological polar surface area (TPSA) is 58.9 Å². The predicted octanol–water partition coefficient (Wildman–Crippen LogP) is 3.93. The van der Waals surface area contributed by atoms with Crippen LogP contribution >= 0.6 is 0 Å². The summed E-state index contributed by atoms with van der Waals surface area (Å²) in [6, 6.07) is 0. The highest BCUT2D eigenvalue weighted by molar-refractivity contribution is 4.74. The second-order valence-electron chi connectivity index (χ2n) is 5.97. The minimum atomic E-state index is -0.588. The maximum Gasteiger partial charge on any atom is 0.0874 e. The van der Waals surface area contributed by atoms with Gasteiger partial charge in [-0.2, -0.15) is 0 Å². The Labute approximate surface area is 138 Å². The number of rotatable bonds is 12.